The smallest absolute Gasteiger partial charge is 0.331 e. The van der Waals surface area contributed by atoms with Gasteiger partial charge in [-0.15, -0.1) is 0 Å². The molecular weight excluding hydrogens is 244 g/mol. The molecule has 104 valence electrons. The van der Waals surface area contributed by atoms with Crippen LogP contribution in [0.25, 0.3) is 0 Å². The minimum atomic E-state index is -0.929. The molecule has 3 rings (SSSR count). The predicted molar refractivity (Wildman–Crippen MR) is 68.7 cm³/mol. The first-order valence-electron chi connectivity index (χ1n) is 7.04. The number of rotatable bonds is 4. The molecule has 0 saturated heterocycles. The Kier molecular flexibility index (Phi) is 2.65. The normalized spacial score (nSPS) is 36.9. The summed E-state index contributed by atoms with van der Waals surface area (Å²) in [6.07, 6.45) is 4.33. The van der Waals surface area contributed by atoms with E-state index in [0.717, 1.165) is 25.7 Å². The van der Waals surface area contributed by atoms with Crippen molar-refractivity contribution in [1.82, 2.24) is 0 Å². The van der Waals surface area contributed by atoms with Gasteiger partial charge in [-0.1, -0.05) is 6.92 Å². The first-order valence-corrected chi connectivity index (χ1v) is 7.04. The SMILES string of the molecule is CCC(C(=O)O)=C1C(=O)C2(COC)CCC1C21CC1. The lowest BCUT2D eigenvalue weighted by Crippen LogP contribution is -2.36. The summed E-state index contributed by atoms with van der Waals surface area (Å²) in [6.45, 7) is 2.26. The summed E-state index contributed by atoms with van der Waals surface area (Å²) in [5, 5.41) is 9.34. The Morgan fingerprint density at radius 1 is 1.42 bits per heavy atom. The molecule has 3 aliphatic rings. The average Bonchev–Trinajstić information content (AvgIpc) is 3.06. The Hall–Kier alpha value is -1.16. The van der Waals surface area contributed by atoms with E-state index in [2.05, 4.69) is 0 Å². The van der Waals surface area contributed by atoms with E-state index in [4.69, 9.17) is 4.74 Å². The fourth-order valence-corrected chi connectivity index (χ4v) is 4.72. The number of methoxy groups -OCH3 is 1. The van der Waals surface area contributed by atoms with Gasteiger partial charge in [-0.05, 0) is 43.4 Å². The van der Waals surface area contributed by atoms with Crippen molar-refractivity contribution in [2.75, 3.05) is 13.7 Å². The molecule has 1 N–H and O–H groups in total. The van der Waals surface area contributed by atoms with Crippen molar-refractivity contribution in [3.63, 3.8) is 0 Å². The highest BCUT2D eigenvalue weighted by atomic mass is 16.5. The van der Waals surface area contributed by atoms with Crippen LogP contribution < -0.4 is 0 Å². The molecule has 4 nitrogen and oxygen atoms in total. The lowest BCUT2D eigenvalue weighted by molar-refractivity contribution is -0.134. The van der Waals surface area contributed by atoms with Crippen LogP contribution in [-0.4, -0.2) is 30.6 Å². The molecule has 2 unspecified atom stereocenters. The number of aliphatic carboxylic acids is 1. The van der Waals surface area contributed by atoms with Gasteiger partial charge in [0.2, 0.25) is 0 Å². The van der Waals surface area contributed by atoms with Gasteiger partial charge < -0.3 is 9.84 Å². The second-order valence-corrected chi connectivity index (χ2v) is 6.14. The van der Waals surface area contributed by atoms with E-state index in [0.29, 0.717) is 24.2 Å². The molecule has 0 aromatic carbocycles. The molecule has 3 aliphatic carbocycles. The first kappa shape index (κ1) is 12.9. The highest BCUT2D eigenvalue weighted by molar-refractivity contribution is 6.10. The largest absolute Gasteiger partial charge is 0.478 e. The van der Waals surface area contributed by atoms with E-state index < -0.39 is 11.4 Å². The van der Waals surface area contributed by atoms with Crippen molar-refractivity contribution in [2.24, 2.45) is 16.7 Å². The van der Waals surface area contributed by atoms with Crippen LogP contribution in [0.5, 0.6) is 0 Å². The number of carbonyl (C=O) groups excluding carboxylic acids is 1. The third kappa shape index (κ3) is 1.33. The van der Waals surface area contributed by atoms with E-state index in [1.807, 2.05) is 6.92 Å². The fraction of sp³-hybridized carbons (Fsp3) is 0.733. The summed E-state index contributed by atoms with van der Waals surface area (Å²) >= 11 is 0. The summed E-state index contributed by atoms with van der Waals surface area (Å²) in [5.41, 5.74) is 0.567. The Labute approximate surface area is 112 Å². The van der Waals surface area contributed by atoms with Crippen LogP contribution in [0, 0.1) is 16.7 Å². The van der Waals surface area contributed by atoms with Crippen LogP contribution in [0.2, 0.25) is 0 Å². The topological polar surface area (TPSA) is 63.6 Å². The van der Waals surface area contributed by atoms with Gasteiger partial charge in [0.25, 0.3) is 0 Å². The van der Waals surface area contributed by atoms with Crippen molar-refractivity contribution in [2.45, 2.75) is 39.0 Å². The van der Waals surface area contributed by atoms with Crippen molar-refractivity contribution < 1.29 is 19.4 Å². The Morgan fingerprint density at radius 3 is 2.58 bits per heavy atom. The zero-order valence-electron chi connectivity index (χ0n) is 11.5. The minimum absolute atomic E-state index is 0.0330. The number of carbonyl (C=O) groups is 2. The number of hydrogen-bond donors (Lipinski definition) is 1. The number of carboxylic acid groups (broad SMARTS) is 1. The van der Waals surface area contributed by atoms with Crippen LogP contribution in [0.3, 0.4) is 0 Å². The lowest BCUT2D eigenvalue weighted by Gasteiger charge is -2.29. The standard InChI is InChI=1S/C15H20O4/c1-3-9(13(17)18)11-10-4-5-15(8-19-2,12(11)16)14(10)6-7-14/h10H,3-8H2,1-2H3,(H,17,18). The number of ketones is 1. The molecule has 0 radical (unpaired) electrons. The highest BCUT2D eigenvalue weighted by Crippen LogP contribution is 2.77. The van der Waals surface area contributed by atoms with Crippen LogP contribution in [0.4, 0.5) is 0 Å². The third-order valence-electron chi connectivity index (χ3n) is 5.62. The van der Waals surface area contributed by atoms with Crippen LogP contribution in [0.15, 0.2) is 11.1 Å². The van der Waals surface area contributed by atoms with Gasteiger partial charge in [-0.3, -0.25) is 4.79 Å². The summed E-state index contributed by atoms with van der Waals surface area (Å²) in [6, 6.07) is 0. The molecule has 4 heteroatoms. The van der Waals surface area contributed by atoms with Crippen LogP contribution in [0.1, 0.15) is 39.0 Å². The van der Waals surface area contributed by atoms with Gasteiger partial charge in [-0.25, -0.2) is 4.79 Å². The van der Waals surface area contributed by atoms with Crippen molar-refractivity contribution in [3.05, 3.63) is 11.1 Å². The third-order valence-corrected chi connectivity index (χ3v) is 5.62. The zero-order chi connectivity index (χ0) is 13.8. The maximum Gasteiger partial charge on any atom is 0.331 e. The van der Waals surface area contributed by atoms with E-state index in [9.17, 15) is 14.7 Å². The van der Waals surface area contributed by atoms with Crippen molar-refractivity contribution >= 4 is 11.8 Å². The molecule has 0 aromatic rings. The molecule has 0 aromatic heterocycles. The molecular formula is C15H20O4. The van der Waals surface area contributed by atoms with Gasteiger partial charge in [0.1, 0.15) is 0 Å². The average molecular weight is 264 g/mol. The molecule has 1 spiro atoms. The molecule has 19 heavy (non-hydrogen) atoms. The Bertz CT molecular complexity index is 486. The first-order chi connectivity index (χ1) is 9.04. The molecule has 0 heterocycles. The molecule has 3 fully saturated rings. The Morgan fingerprint density at radius 2 is 2.11 bits per heavy atom. The van der Waals surface area contributed by atoms with Gasteiger partial charge >= 0.3 is 5.97 Å². The summed E-state index contributed by atoms with van der Waals surface area (Å²) < 4.78 is 5.32. The Balaban J connectivity index is 2.13. The summed E-state index contributed by atoms with van der Waals surface area (Å²) in [4.78, 5) is 24.2. The fourth-order valence-electron chi connectivity index (χ4n) is 4.72. The van der Waals surface area contributed by atoms with E-state index in [-0.39, 0.29) is 17.1 Å². The minimum Gasteiger partial charge on any atom is -0.478 e. The highest BCUT2D eigenvalue weighted by Gasteiger charge is 2.76. The van der Waals surface area contributed by atoms with Gasteiger partial charge in [0, 0.05) is 18.3 Å². The molecule has 0 amide bonds. The summed E-state index contributed by atoms with van der Waals surface area (Å²) in [7, 11) is 1.63. The zero-order valence-corrected chi connectivity index (χ0v) is 11.5. The molecule has 3 saturated carbocycles. The lowest BCUT2D eigenvalue weighted by atomic mass is 9.76. The molecule has 0 aliphatic heterocycles. The molecule has 2 atom stereocenters. The monoisotopic (exact) mass is 264 g/mol. The number of hydrogen-bond acceptors (Lipinski definition) is 3. The molecule has 2 bridgehead atoms. The van der Waals surface area contributed by atoms with Gasteiger partial charge in [0.05, 0.1) is 12.0 Å². The quantitative estimate of drug-likeness (QED) is 0.790. The van der Waals surface area contributed by atoms with Crippen molar-refractivity contribution in [3.8, 4) is 0 Å². The van der Waals surface area contributed by atoms with Crippen molar-refractivity contribution in [1.29, 1.82) is 0 Å². The maximum atomic E-state index is 12.8. The number of Topliss-reactive ketones (excluding diaryl/α,β-unsaturated/α-hetero) is 1. The predicted octanol–water partition coefficient (Wildman–Crippen LogP) is 2.18. The summed E-state index contributed by atoms with van der Waals surface area (Å²) in [5.74, 6) is -0.690. The second kappa shape index (κ2) is 3.92. The number of ether oxygens (including phenoxy) is 1. The number of carboxylic acids is 1. The van der Waals surface area contributed by atoms with Crippen LogP contribution in [-0.2, 0) is 14.3 Å². The maximum absolute atomic E-state index is 12.8. The van der Waals surface area contributed by atoms with E-state index in [1.54, 1.807) is 7.11 Å². The van der Waals surface area contributed by atoms with Crippen LogP contribution >= 0.6 is 0 Å². The van der Waals surface area contributed by atoms with Gasteiger partial charge in [-0.2, -0.15) is 0 Å². The van der Waals surface area contributed by atoms with Gasteiger partial charge in [0.15, 0.2) is 5.78 Å². The van der Waals surface area contributed by atoms with E-state index in [1.165, 1.54) is 0 Å². The second-order valence-electron chi connectivity index (χ2n) is 6.14. The number of allylic oxidation sites excluding steroid dienone is 1. The van der Waals surface area contributed by atoms with E-state index >= 15 is 0 Å².